The zero-order valence-electron chi connectivity index (χ0n) is 10.0. The monoisotopic (exact) mass is 244 g/mol. The second kappa shape index (κ2) is 4.59. The van der Waals surface area contributed by atoms with Gasteiger partial charge in [0, 0.05) is 30.9 Å². The lowest BCUT2D eigenvalue weighted by Crippen LogP contribution is -2.29. The number of benzene rings is 1. The van der Waals surface area contributed by atoms with Crippen LogP contribution < -0.4 is 0 Å². The highest BCUT2D eigenvalue weighted by Crippen LogP contribution is 2.25. The SMILES string of the molecule is Cc1nc2c(s1)CN(Cc1ccccc1)CC2. The Hall–Kier alpha value is -1.19. The summed E-state index contributed by atoms with van der Waals surface area (Å²) < 4.78 is 0. The van der Waals surface area contributed by atoms with Gasteiger partial charge in [-0.2, -0.15) is 0 Å². The molecule has 2 heterocycles. The molecule has 0 saturated carbocycles. The first-order valence-electron chi connectivity index (χ1n) is 6.03. The Kier molecular flexibility index (Phi) is 2.95. The normalized spacial score (nSPS) is 15.8. The van der Waals surface area contributed by atoms with Gasteiger partial charge in [-0.3, -0.25) is 4.90 Å². The first-order chi connectivity index (χ1) is 8.31. The molecule has 0 bridgehead atoms. The highest BCUT2D eigenvalue weighted by atomic mass is 32.1. The number of hydrogen-bond donors (Lipinski definition) is 0. The van der Waals surface area contributed by atoms with Gasteiger partial charge in [-0.25, -0.2) is 4.98 Å². The molecule has 0 amide bonds. The molecule has 0 N–H and O–H groups in total. The van der Waals surface area contributed by atoms with Gasteiger partial charge in [0.15, 0.2) is 0 Å². The van der Waals surface area contributed by atoms with E-state index in [2.05, 4.69) is 47.1 Å². The number of aryl methyl sites for hydroxylation is 1. The van der Waals surface area contributed by atoms with Gasteiger partial charge in [-0.15, -0.1) is 11.3 Å². The van der Waals surface area contributed by atoms with E-state index in [4.69, 9.17) is 0 Å². The van der Waals surface area contributed by atoms with Crippen LogP contribution in [0, 0.1) is 6.92 Å². The van der Waals surface area contributed by atoms with Crippen LogP contribution in [-0.4, -0.2) is 16.4 Å². The molecule has 17 heavy (non-hydrogen) atoms. The molecule has 2 aromatic rings. The quantitative estimate of drug-likeness (QED) is 0.807. The van der Waals surface area contributed by atoms with E-state index in [1.54, 1.807) is 0 Å². The average molecular weight is 244 g/mol. The Labute approximate surface area is 106 Å². The lowest BCUT2D eigenvalue weighted by Gasteiger charge is -2.25. The van der Waals surface area contributed by atoms with Crippen LogP contribution in [0.4, 0.5) is 0 Å². The smallest absolute Gasteiger partial charge is 0.0900 e. The highest BCUT2D eigenvalue weighted by molar-refractivity contribution is 7.11. The predicted molar refractivity (Wildman–Crippen MR) is 71.1 cm³/mol. The molecule has 0 radical (unpaired) electrons. The van der Waals surface area contributed by atoms with Gasteiger partial charge in [-0.1, -0.05) is 30.3 Å². The summed E-state index contributed by atoms with van der Waals surface area (Å²) in [5, 5.41) is 1.21. The maximum Gasteiger partial charge on any atom is 0.0900 e. The second-order valence-corrected chi connectivity index (χ2v) is 5.84. The number of fused-ring (bicyclic) bond motifs is 1. The molecule has 0 spiro atoms. The van der Waals surface area contributed by atoms with Gasteiger partial charge in [0.1, 0.15) is 0 Å². The Bertz CT molecular complexity index is 504. The van der Waals surface area contributed by atoms with Crippen molar-refractivity contribution < 1.29 is 0 Å². The molecule has 0 aliphatic carbocycles. The summed E-state index contributed by atoms with van der Waals surface area (Å²) >= 11 is 1.85. The molecule has 0 atom stereocenters. The molecule has 3 heteroatoms. The Morgan fingerprint density at radius 1 is 1.29 bits per heavy atom. The lowest BCUT2D eigenvalue weighted by molar-refractivity contribution is 0.247. The fraction of sp³-hybridized carbons (Fsp3) is 0.357. The van der Waals surface area contributed by atoms with Gasteiger partial charge < -0.3 is 0 Å². The van der Waals surface area contributed by atoms with Crippen molar-refractivity contribution in [2.45, 2.75) is 26.4 Å². The largest absolute Gasteiger partial charge is 0.294 e. The third kappa shape index (κ3) is 2.40. The van der Waals surface area contributed by atoms with Crippen LogP contribution in [0.2, 0.25) is 0 Å². The molecular weight excluding hydrogens is 228 g/mol. The van der Waals surface area contributed by atoms with E-state index in [0.717, 1.165) is 26.1 Å². The Morgan fingerprint density at radius 2 is 2.12 bits per heavy atom. The number of hydrogen-bond acceptors (Lipinski definition) is 3. The highest BCUT2D eigenvalue weighted by Gasteiger charge is 2.19. The summed E-state index contributed by atoms with van der Waals surface area (Å²) in [7, 11) is 0. The number of nitrogens with zero attached hydrogens (tertiary/aromatic N) is 2. The lowest BCUT2D eigenvalue weighted by atomic mass is 10.1. The molecular formula is C14H16N2S. The predicted octanol–water partition coefficient (Wildman–Crippen LogP) is 3.01. The minimum absolute atomic E-state index is 1.05. The topological polar surface area (TPSA) is 16.1 Å². The van der Waals surface area contributed by atoms with E-state index in [1.165, 1.54) is 21.1 Å². The molecule has 2 nitrogen and oxygen atoms in total. The van der Waals surface area contributed by atoms with Crippen molar-refractivity contribution in [2.75, 3.05) is 6.54 Å². The Morgan fingerprint density at radius 3 is 2.94 bits per heavy atom. The standard InChI is InChI=1S/C14H16N2S/c1-11-15-13-7-8-16(10-14(13)17-11)9-12-5-3-2-4-6-12/h2-6H,7-10H2,1H3. The van der Waals surface area contributed by atoms with Crippen LogP contribution in [0.3, 0.4) is 0 Å². The maximum absolute atomic E-state index is 4.58. The van der Waals surface area contributed by atoms with Gasteiger partial charge in [-0.05, 0) is 12.5 Å². The van der Waals surface area contributed by atoms with Crippen LogP contribution in [0.25, 0.3) is 0 Å². The van der Waals surface area contributed by atoms with Crippen molar-refractivity contribution in [3.63, 3.8) is 0 Å². The molecule has 0 fully saturated rings. The van der Waals surface area contributed by atoms with Crippen molar-refractivity contribution in [1.82, 2.24) is 9.88 Å². The molecule has 1 aromatic carbocycles. The van der Waals surface area contributed by atoms with Crippen LogP contribution >= 0.6 is 11.3 Å². The van der Waals surface area contributed by atoms with Crippen LogP contribution in [0.5, 0.6) is 0 Å². The molecule has 88 valence electrons. The van der Waals surface area contributed by atoms with Crippen molar-refractivity contribution in [3.8, 4) is 0 Å². The number of thiazole rings is 1. The van der Waals surface area contributed by atoms with E-state index in [-0.39, 0.29) is 0 Å². The van der Waals surface area contributed by atoms with Crippen molar-refractivity contribution >= 4 is 11.3 Å². The maximum atomic E-state index is 4.58. The molecule has 1 aliphatic heterocycles. The fourth-order valence-corrected chi connectivity index (χ4v) is 3.38. The van der Waals surface area contributed by atoms with E-state index in [1.807, 2.05) is 11.3 Å². The second-order valence-electron chi connectivity index (χ2n) is 4.55. The fourth-order valence-electron chi connectivity index (χ4n) is 2.35. The van der Waals surface area contributed by atoms with Gasteiger partial charge in [0.2, 0.25) is 0 Å². The molecule has 0 saturated heterocycles. The van der Waals surface area contributed by atoms with Gasteiger partial charge in [0.05, 0.1) is 10.7 Å². The molecule has 3 rings (SSSR count). The summed E-state index contributed by atoms with van der Waals surface area (Å²) in [6.45, 7) is 5.35. The van der Waals surface area contributed by atoms with Gasteiger partial charge >= 0.3 is 0 Å². The van der Waals surface area contributed by atoms with Crippen LogP contribution in [0.1, 0.15) is 21.1 Å². The molecule has 1 aliphatic rings. The first-order valence-corrected chi connectivity index (χ1v) is 6.84. The minimum atomic E-state index is 1.05. The third-order valence-electron chi connectivity index (χ3n) is 3.17. The summed E-state index contributed by atoms with van der Waals surface area (Å²) in [5.41, 5.74) is 2.73. The zero-order chi connectivity index (χ0) is 11.7. The van der Waals surface area contributed by atoms with E-state index >= 15 is 0 Å². The first kappa shape index (κ1) is 10.9. The Balaban J connectivity index is 1.72. The van der Waals surface area contributed by atoms with Crippen LogP contribution in [-0.2, 0) is 19.5 Å². The van der Waals surface area contributed by atoms with Gasteiger partial charge in [0.25, 0.3) is 0 Å². The molecule has 0 unspecified atom stereocenters. The van der Waals surface area contributed by atoms with Crippen LogP contribution in [0.15, 0.2) is 30.3 Å². The summed E-state index contributed by atoms with van der Waals surface area (Å²) in [4.78, 5) is 8.56. The van der Waals surface area contributed by atoms with E-state index < -0.39 is 0 Å². The zero-order valence-corrected chi connectivity index (χ0v) is 10.8. The average Bonchev–Trinajstić information content (AvgIpc) is 2.70. The summed E-state index contributed by atoms with van der Waals surface area (Å²) in [6, 6.07) is 10.7. The molecule has 1 aromatic heterocycles. The summed E-state index contributed by atoms with van der Waals surface area (Å²) in [6.07, 6.45) is 1.10. The number of rotatable bonds is 2. The number of aromatic nitrogens is 1. The third-order valence-corrected chi connectivity index (χ3v) is 4.16. The van der Waals surface area contributed by atoms with E-state index in [0.29, 0.717) is 0 Å². The van der Waals surface area contributed by atoms with Crippen molar-refractivity contribution in [1.29, 1.82) is 0 Å². The van der Waals surface area contributed by atoms with Crippen molar-refractivity contribution in [3.05, 3.63) is 51.5 Å². The van der Waals surface area contributed by atoms with Crippen molar-refractivity contribution in [2.24, 2.45) is 0 Å². The minimum Gasteiger partial charge on any atom is -0.294 e. The summed E-state index contributed by atoms with van der Waals surface area (Å²) in [5.74, 6) is 0. The van der Waals surface area contributed by atoms with E-state index in [9.17, 15) is 0 Å².